The number of hydroxylamine groups is 2. The average Bonchev–Trinajstić information content (AvgIpc) is 2.44. The molecule has 1 unspecified atom stereocenters. The molecule has 0 bridgehead atoms. The number of hydrogen-bond acceptors (Lipinski definition) is 3. The lowest BCUT2D eigenvalue weighted by Gasteiger charge is -2.21. The van der Waals surface area contributed by atoms with Crippen molar-refractivity contribution in [2.45, 2.75) is 33.1 Å². The summed E-state index contributed by atoms with van der Waals surface area (Å²) in [5.74, 6) is -2.09. The Labute approximate surface area is 125 Å². The van der Waals surface area contributed by atoms with E-state index in [2.05, 4.69) is 0 Å². The minimum absolute atomic E-state index is 0.157. The van der Waals surface area contributed by atoms with Gasteiger partial charge in [-0.05, 0) is 30.7 Å². The van der Waals surface area contributed by atoms with Crippen LogP contribution >= 0.6 is 0 Å². The number of aryl methyl sites for hydroxylation is 1. The van der Waals surface area contributed by atoms with Crippen molar-refractivity contribution in [3.8, 4) is 0 Å². The van der Waals surface area contributed by atoms with E-state index in [-0.39, 0.29) is 12.5 Å². The Kier molecular flexibility index (Phi) is 6.88. The van der Waals surface area contributed by atoms with Crippen LogP contribution in [0, 0.1) is 11.8 Å². The molecule has 0 fully saturated rings. The van der Waals surface area contributed by atoms with Gasteiger partial charge in [0.05, 0.1) is 0 Å². The fraction of sp³-hybridized carbons (Fsp3) is 0.500. The molecule has 0 aromatic heterocycles. The number of primary amides is 1. The van der Waals surface area contributed by atoms with Gasteiger partial charge in [-0.1, -0.05) is 44.2 Å². The zero-order valence-corrected chi connectivity index (χ0v) is 12.7. The van der Waals surface area contributed by atoms with Crippen molar-refractivity contribution < 1.29 is 14.8 Å². The van der Waals surface area contributed by atoms with Crippen LogP contribution < -0.4 is 5.73 Å². The highest BCUT2D eigenvalue weighted by Gasteiger charge is 2.28. The quantitative estimate of drug-likeness (QED) is 0.436. The summed E-state index contributed by atoms with van der Waals surface area (Å²) >= 11 is 0. The first-order chi connectivity index (χ1) is 9.91. The Bertz CT molecular complexity index is 460. The molecule has 0 saturated carbocycles. The van der Waals surface area contributed by atoms with Gasteiger partial charge < -0.3 is 5.73 Å². The fourth-order valence-electron chi connectivity index (χ4n) is 2.18. The summed E-state index contributed by atoms with van der Waals surface area (Å²) in [6.07, 6.45) is 1.74. The number of benzene rings is 1. The number of nitrogens with two attached hydrogens (primary N) is 1. The van der Waals surface area contributed by atoms with E-state index in [0.29, 0.717) is 17.9 Å². The largest absolute Gasteiger partial charge is 0.369 e. The van der Waals surface area contributed by atoms with Crippen molar-refractivity contribution in [3.63, 3.8) is 0 Å². The molecule has 2 amide bonds. The molecule has 5 nitrogen and oxygen atoms in total. The highest BCUT2D eigenvalue weighted by atomic mass is 16.5. The van der Waals surface area contributed by atoms with Crippen molar-refractivity contribution >= 4 is 11.8 Å². The summed E-state index contributed by atoms with van der Waals surface area (Å²) in [6, 6.07) is 9.82. The summed E-state index contributed by atoms with van der Waals surface area (Å²) in [6.45, 7) is 4.00. The van der Waals surface area contributed by atoms with Gasteiger partial charge >= 0.3 is 0 Å². The summed E-state index contributed by atoms with van der Waals surface area (Å²) in [4.78, 5) is 23.4. The van der Waals surface area contributed by atoms with Gasteiger partial charge in [-0.25, -0.2) is 5.06 Å². The maximum absolute atomic E-state index is 12.0. The van der Waals surface area contributed by atoms with E-state index in [4.69, 9.17) is 5.73 Å². The first-order valence-corrected chi connectivity index (χ1v) is 7.25. The topological polar surface area (TPSA) is 83.6 Å². The predicted molar refractivity (Wildman–Crippen MR) is 80.4 cm³/mol. The minimum atomic E-state index is -0.952. The smallest absolute Gasteiger partial charge is 0.258 e. The standard InChI is InChI=1S/C16H24N2O3/c1-12(2)11-14(15(17)19)16(20)18(21)10-6-9-13-7-4-3-5-8-13/h3-5,7-8,12,14,21H,6,9-11H2,1-2H3,(H2,17,19). The van der Waals surface area contributed by atoms with E-state index in [0.717, 1.165) is 12.0 Å². The summed E-state index contributed by atoms with van der Waals surface area (Å²) < 4.78 is 0. The van der Waals surface area contributed by atoms with Crippen molar-refractivity contribution in [3.05, 3.63) is 35.9 Å². The number of hydrogen-bond donors (Lipinski definition) is 2. The Morgan fingerprint density at radius 2 is 1.86 bits per heavy atom. The molecule has 1 aromatic rings. The highest BCUT2D eigenvalue weighted by Crippen LogP contribution is 2.14. The molecule has 3 N–H and O–H groups in total. The van der Waals surface area contributed by atoms with Gasteiger partial charge in [0.2, 0.25) is 5.91 Å². The molecule has 1 atom stereocenters. The Balaban J connectivity index is 2.47. The molecule has 0 radical (unpaired) electrons. The lowest BCUT2D eigenvalue weighted by Crippen LogP contribution is -2.41. The second-order valence-electron chi connectivity index (χ2n) is 5.64. The van der Waals surface area contributed by atoms with Crippen LogP contribution in [-0.2, 0) is 16.0 Å². The third kappa shape index (κ3) is 5.95. The van der Waals surface area contributed by atoms with Gasteiger partial charge in [0.25, 0.3) is 5.91 Å². The van der Waals surface area contributed by atoms with Crippen molar-refractivity contribution in [2.24, 2.45) is 17.6 Å². The van der Waals surface area contributed by atoms with Crippen LogP contribution in [-0.4, -0.2) is 28.6 Å². The van der Waals surface area contributed by atoms with Crippen molar-refractivity contribution in [1.29, 1.82) is 0 Å². The van der Waals surface area contributed by atoms with Gasteiger partial charge in [-0.3, -0.25) is 14.8 Å². The lowest BCUT2D eigenvalue weighted by molar-refractivity contribution is -0.172. The first kappa shape index (κ1) is 17.2. The van der Waals surface area contributed by atoms with Gasteiger partial charge in [-0.15, -0.1) is 0 Å². The number of nitrogens with zero attached hydrogens (tertiary/aromatic N) is 1. The molecule has 1 aromatic carbocycles. The highest BCUT2D eigenvalue weighted by molar-refractivity contribution is 5.99. The Morgan fingerprint density at radius 3 is 2.38 bits per heavy atom. The molecule has 116 valence electrons. The van der Waals surface area contributed by atoms with Crippen LogP contribution in [0.25, 0.3) is 0 Å². The van der Waals surface area contributed by atoms with Crippen LogP contribution in [0.1, 0.15) is 32.3 Å². The number of rotatable bonds is 8. The number of carbonyl (C=O) groups excluding carboxylic acids is 2. The van der Waals surface area contributed by atoms with Crippen LogP contribution in [0.15, 0.2) is 30.3 Å². The molecular weight excluding hydrogens is 268 g/mol. The van der Waals surface area contributed by atoms with Crippen molar-refractivity contribution in [1.82, 2.24) is 5.06 Å². The van der Waals surface area contributed by atoms with E-state index in [1.54, 1.807) is 0 Å². The number of carbonyl (C=O) groups is 2. The van der Waals surface area contributed by atoms with Crippen molar-refractivity contribution in [2.75, 3.05) is 6.54 Å². The molecule has 0 aliphatic heterocycles. The fourth-order valence-corrected chi connectivity index (χ4v) is 2.18. The SMILES string of the molecule is CC(C)CC(C(N)=O)C(=O)N(O)CCCc1ccccc1. The lowest BCUT2D eigenvalue weighted by atomic mass is 9.95. The van der Waals surface area contributed by atoms with E-state index in [1.165, 1.54) is 0 Å². The maximum Gasteiger partial charge on any atom is 0.258 e. The minimum Gasteiger partial charge on any atom is -0.369 e. The van der Waals surface area contributed by atoms with E-state index in [9.17, 15) is 14.8 Å². The average molecular weight is 292 g/mol. The molecule has 21 heavy (non-hydrogen) atoms. The second-order valence-corrected chi connectivity index (χ2v) is 5.64. The van der Waals surface area contributed by atoms with Crippen LogP contribution in [0.2, 0.25) is 0 Å². The third-order valence-electron chi connectivity index (χ3n) is 3.28. The van der Waals surface area contributed by atoms with E-state index < -0.39 is 17.7 Å². The molecule has 0 saturated heterocycles. The van der Waals surface area contributed by atoms with Gasteiger partial charge in [-0.2, -0.15) is 0 Å². The van der Waals surface area contributed by atoms with Crippen LogP contribution in [0.3, 0.4) is 0 Å². The predicted octanol–water partition coefficient (Wildman–Crippen LogP) is 1.98. The normalized spacial score (nSPS) is 12.2. The summed E-state index contributed by atoms with van der Waals surface area (Å²) in [5, 5.41) is 10.4. The molecule has 0 aliphatic rings. The molecule has 5 heteroatoms. The van der Waals surface area contributed by atoms with Gasteiger partial charge in [0, 0.05) is 6.54 Å². The monoisotopic (exact) mass is 292 g/mol. The maximum atomic E-state index is 12.0. The molecule has 1 rings (SSSR count). The van der Waals surface area contributed by atoms with Crippen LogP contribution in [0.4, 0.5) is 0 Å². The first-order valence-electron chi connectivity index (χ1n) is 7.25. The molecular formula is C16H24N2O3. The Hall–Kier alpha value is -1.88. The summed E-state index contributed by atoms with van der Waals surface area (Å²) in [7, 11) is 0. The Morgan fingerprint density at radius 1 is 1.24 bits per heavy atom. The molecule has 0 aliphatic carbocycles. The van der Waals surface area contributed by atoms with E-state index in [1.807, 2.05) is 44.2 Å². The zero-order chi connectivity index (χ0) is 15.8. The summed E-state index contributed by atoms with van der Waals surface area (Å²) in [5.41, 5.74) is 6.39. The van der Waals surface area contributed by atoms with E-state index >= 15 is 0 Å². The number of amides is 2. The zero-order valence-electron chi connectivity index (χ0n) is 12.7. The van der Waals surface area contributed by atoms with Crippen LogP contribution in [0.5, 0.6) is 0 Å². The third-order valence-corrected chi connectivity index (χ3v) is 3.28. The molecule has 0 heterocycles. The second kappa shape index (κ2) is 8.42. The van der Waals surface area contributed by atoms with Gasteiger partial charge in [0.15, 0.2) is 0 Å². The molecule has 0 spiro atoms. The van der Waals surface area contributed by atoms with Gasteiger partial charge in [0.1, 0.15) is 5.92 Å².